The molecule has 20 heavy (non-hydrogen) atoms. The Kier molecular flexibility index (Phi) is 4.79. The van der Waals surface area contributed by atoms with Crippen molar-refractivity contribution >= 4 is 16.9 Å². The van der Waals surface area contributed by atoms with Crippen LogP contribution in [-0.2, 0) is 4.79 Å². The number of fused-ring (bicyclic) bond motifs is 1. The summed E-state index contributed by atoms with van der Waals surface area (Å²) in [6.45, 7) is 5.68. The van der Waals surface area contributed by atoms with Crippen molar-refractivity contribution in [2.45, 2.75) is 32.7 Å². The third kappa shape index (κ3) is 2.85. The summed E-state index contributed by atoms with van der Waals surface area (Å²) in [6, 6.07) is 7.27. The maximum absolute atomic E-state index is 11.7. The van der Waals surface area contributed by atoms with E-state index in [1.165, 1.54) is 0 Å². The molecular formula is C16H22N2O2. The number of aromatic amines is 1. The molecule has 1 heterocycles. The first-order chi connectivity index (χ1) is 9.69. The Morgan fingerprint density at radius 1 is 1.35 bits per heavy atom. The van der Waals surface area contributed by atoms with Gasteiger partial charge >= 0.3 is 5.97 Å². The van der Waals surface area contributed by atoms with Gasteiger partial charge in [0.05, 0.1) is 0 Å². The smallest absolute Gasteiger partial charge is 0.325 e. The molecule has 0 saturated heterocycles. The molecule has 2 rings (SSSR count). The van der Waals surface area contributed by atoms with Gasteiger partial charge in [-0.05, 0) is 25.6 Å². The van der Waals surface area contributed by atoms with Crippen molar-refractivity contribution in [2.24, 2.45) is 0 Å². The second-order valence-electron chi connectivity index (χ2n) is 5.01. The Morgan fingerprint density at radius 2 is 2.10 bits per heavy atom. The zero-order valence-electron chi connectivity index (χ0n) is 12.1. The number of hydrogen-bond acceptors (Lipinski definition) is 2. The molecule has 0 aliphatic heterocycles. The summed E-state index contributed by atoms with van der Waals surface area (Å²) >= 11 is 0. The highest BCUT2D eigenvalue weighted by molar-refractivity contribution is 5.89. The summed E-state index contributed by atoms with van der Waals surface area (Å²) in [4.78, 5) is 16.9. The fourth-order valence-corrected chi connectivity index (χ4v) is 2.64. The Balaban J connectivity index is 2.39. The maximum atomic E-state index is 11.7. The van der Waals surface area contributed by atoms with Gasteiger partial charge in [0.15, 0.2) is 0 Å². The summed E-state index contributed by atoms with van der Waals surface area (Å²) in [5.41, 5.74) is 1.84. The van der Waals surface area contributed by atoms with Crippen LogP contribution in [0, 0.1) is 0 Å². The minimum atomic E-state index is -0.785. The number of aromatic nitrogens is 1. The molecule has 2 aromatic rings. The number of H-pyrrole nitrogens is 1. The number of benzene rings is 1. The summed E-state index contributed by atoms with van der Waals surface area (Å²) in [6.07, 6.45) is 3.91. The highest BCUT2D eigenvalue weighted by Gasteiger charge is 2.28. The van der Waals surface area contributed by atoms with Gasteiger partial charge in [-0.25, -0.2) is 0 Å². The summed E-state index contributed by atoms with van der Waals surface area (Å²) in [7, 11) is 0. The van der Waals surface area contributed by atoms with Crippen LogP contribution in [0.15, 0.2) is 30.5 Å². The van der Waals surface area contributed by atoms with Crippen LogP contribution in [0.4, 0.5) is 0 Å². The molecule has 0 aliphatic carbocycles. The van der Waals surface area contributed by atoms with E-state index in [1.54, 1.807) is 0 Å². The minimum absolute atomic E-state index is 0.581. The molecule has 0 saturated carbocycles. The number of nitrogens with zero attached hydrogens (tertiary/aromatic N) is 1. The van der Waals surface area contributed by atoms with E-state index >= 15 is 0 Å². The zero-order valence-corrected chi connectivity index (χ0v) is 12.1. The zero-order chi connectivity index (χ0) is 14.5. The van der Waals surface area contributed by atoms with Gasteiger partial charge < -0.3 is 10.1 Å². The predicted molar refractivity (Wildman–Crippen MR) is 80.8 cm³/mol. The van der Waals surface area contributed by atoms with E-state index < -0.39 is 12.0 Å². The normalized spacial score (nSPS) is 12.9. The molecule has 0 radical (unpaired) electrons. The standard InChI is InChI=1S/C16H22N2O2/c1-3-5-10-18(4-2)15(16(19)20)13-11-17-14-9-7-6-8-12(13)14/h6-9,11,15,17H,3-5,10H2,1-2H3,(H,19,20). The number of hydrogen-bond donors (Lipinski definition) is 2. The van der Waals surface area contributed by atoms with Gasteiger partial charge in [0, 0.05) is 22.7 Å². The average molecular weight is 274 g/mol. The number of carboxylic acids is 1. The summed E-state index contributed by atoms with van der Waals surface area (Å²) in [5, 5.41) is 10.6. The van der Waals surface area contributed by atoms with Gasteiger partial charge in [0.25, 0.3) is 0 Å². The molecule has 0 amide bonds. The van der Waals surface area contributed by atoms with Crippen LogP contribution >= 0.6 is 0 Å². The largest absolute Gasteiger partial charge is 0.480 e. The summed E-state index contributed by atoms with van der Waals surface area (Å²) in [5.74, 6) is -0.785. The van der Waals surface area contributed by atoms with Crippen LogP contribution in [0.2, 0.25) is 0 Å². The molecule has 108 valence electrons. The lowest BCUT2D eigenvalue weighted by atomic mass is 10.0. The van der Waals surface area contributed by atoms with Crippen LogP contribution in [0.3, 0.4) is 0 Å². The van der Waals surface area contributed by atoms with Crippen molar-refractivity contribution in [1.82, 2.24) is 9.88 Å². The molecule has 1 unspecified atom stereocenters. The molecule has 0 spiro atoms. The third-order valence-electron chi connectivity index (χ3n) is 3.72. The number of nitrogens with one attached hydrogen (secondary N) is 1. The van der Waals surface area contributed by atoms with Crippen molar-refractivity contribution in [3.05, 3.63) is 36.0 Å². The van der Waals surface area contributed by atoms with Crippen molar-refractivity contribution in [3.8, 4) is 0 Å². The van der Waals surface area contributed by atoms with Gasteiger partial charge in [-0.2, -0.15) is 0 Å². The predicted octanol–water partition coefficient (Wildman–Crippen LogP) is 3.42. The Labute approximate surface area is 119 Å². The van der Waals surface area contributed by atoms with Crippen molar-refractivity contribution in [2.75, 3.05) is 13.1 Å². The molecule has 2 N–H and O–H groups in total. The highest BCUT2D eigenvalue weighted by Crippen LogP contribution is 2.28. The van der Waals surface area contributed by atoms with Crippen molar-refractivity contribution < 1.29 is 9.90 Å². The number of likely N-dealkylation sites (N-methyl/N-ethyl adjacent to an activating group) is 1. The fraction of sp³-hybridized carbons (Fsp3) is 0.438. The van der Waals surface area contributed by atoms with Gasteiger partial charge in [-0.15, -0.1) is 0 Å². The second-order valence-corrected chi connectivity index (χ2v) is 5.01. The van der Waals surface area contributed by atoms with Gasteiger partial charge in [-0.1, -0.05) is 38.5 Å². The second kappa shape index (κ2) is 6.57. The van der Waals surface area contributed by atoms with Crippen molar-refractivity contribution in [1.29, 1.82) is 0 Å². The Hall–Kier alpha value is -1.81. The lowest BCUT2D eigenvalue weighted by molar-refractivity contribution is -0.143. The van der Waals surface area contributed by atoms with Gasteiger partial charge in [0.1, 0.15) is 6.04 Å². The van der Waals surface area contributed by atoms with E-state index in [4.69, 9.17) is 0 Å². The molecule has 0 fully saturated rings. The summed E-state index contributed by atoms with van der Waals surface area (Å²) < 4.78 is 0. The van der Waals surface area contributed by atoms with Crippen molar-refractivity contribution in [3.63, 3.8) is 0 Å². The lowest BCUT2D eigenvalue weighted by Crippen LogP contribution is -2.34. The number of aliphatic carboxylic acids is 1. The maximum Gasteiger partial charge on any atom is 0.325 e. The van der Waals surface area contributed by atoms with E-state index in [0.717, 1.165) is 42.4 Å². The molecule has 0 bridgehead atoms. The van der Waals surface area contributed by atoms with E-state index in [2.05, 4.69) is 11.9 Å². The fourth-order valence-electron chi connectivity index (χ4n) is 2.64. The Morgan fingerprint density at radius 3 is 2.75 bits per heavy atom. The highest BCUT2D eigenvalue weighted by atomic mass is 16.4. The van der Waals surface area contributed by atoms with Crippen LogP contribution in [0.5, 0.6) is 0 Å². The first-order valence-electron chi connectivity index (χ1n) is 7.21. The monoisotopic (exact) mass is 274 g/mol. The minimum Gasteiger partial charge on any atom is -0.480 e. The number of carbonyl (C=O) groups is 1. The van der Waals surface area contributed by atoms with E-state index in [0.29, 0.717) is 0 Å². The van der Waals surface area contributed by atoms with E-state index in [9.17, 15) is 9.90 Å². The van der Waals surface area contributed by atoms with Crippen LogP contribution in [-0.4, -0.2) is 34.0 Å². The molecule has 4 heteroatoms. The van der Waals surface area contributed by atoms with Gasteiger partial charge in [-0.3, -0.25) is 9.69 Å². The first kappa shape index (κ1) is 14.6. The molecule has 1 aromatic heterocycles. The first-order valence-corrected chi connectivity index (χ1v) is 7.21. The van der Waals surface area contributed by atoms with Gasteiger partial charge in [0.2, 0.25) is 0 Å². The lowest BCUT2D eigenvalue weighted by Gasteiger charge is -2.27. The quantitative estimate of drug-likeness (QED) is 0.813. The number of carboxylic acid groups (broad SMARTS) is 1. The molecular weight excluding hydrogens is 252 g/mol. The van der Waals surface area contributed by atoms with Crippen LogP contribution in [0.25, 0.3) is 10.9 Å². The van der Waals surface area contributed by atoms with Crippen LogP contribution in [0.1, 0.15) is 38.3 Å². The molecule has 1 aromatic carbocycles. The molecule has 4 nitrogen and oxygen atoms in total. The number of unbranched alkanes of at least 4 members (excludes halogenated alkanes) is 1. The SMILES string of the molecule is CCCCN(CC)C(C(=O)O)c1c[nH]c2ccccc12. The average Bonchev–Trinajstić information content (AvgIpc) is 2.86. The number of rotatable bonds is 7. The van der Waals surface area contributed by atoms with Crippen LogP contribution < -0.4 is 0 Å². The Bertz CT molecular complexity index is 577. The molecule has 1 atom stereocenters. The topological polar surface area (TPSA) is 56.3 Å². The van der Waals surface area contributed by atoms with E-state index in [1.807, 2.05) is 42.3 Å². The molecule has 0 aliphatic rings. The third-order valence-corrected chi connectivity index (χ3v) is 3.72. The number of para-hydroxylation sites is 1. The van der Waals surface area contributed by atoms with E-state index in [-0.39, 0.29) is 0 Å².